The quantitative estimate of drug-likeness (QED) is 0.325. The molecule has 41 heavy (non-hydrogen) atoms. The molecule has 0 aliphatic carbocycles. The molecule has 8 heteroatoms. The lowest BCUT2D eigenvalue weighted by molar-refractivity contribution is -0.138. The number of halogens is 2. The molecule has 1 N–H and O–H groups in total. The molecular weight excluding hydrogens is 600 g/mol. The van der Waals surface area contributed by atoms with Crippen LogP contribution < -0.4 is 5.32 Å². The molecule has 3 aromatic carbocycles. The van der Waals surface area contributed by atoms with Crippen LogP contribution in [-0.4, -0.2) is 65.4 Å². The number of nitrogens with zero attached hydrogens (tertiary/aromatic N) is 3. The fourth-order valence-electron chi connectivity index (χ4n) is 6.80. The lowest BCUT2D eigenvalue weighted by Crippen LogP contribution is -2.49. The molecule has 3 amide bonds. The van der Waals surface area contributed by atoms with E-state index >= 15 is 0 Å². The van der Waals surface area contributed by atoms with Crippen LogP contribution in [0.1, 0.15) is 42.7 Å². The number of likely N-dealkylation sites (tertiary alicyclic amines) is 3. The molecule has 6 nitrogen and oxygen atoms in total. The molecule has 3 aliphatic heterocycles. The summed E-state index contributed by atoms with van der Waals surface area (Å²) >= 11 is 3.50. The molecule has 3 fully saturated rings. The molecular formula is C33H38BrClN4O2. The van der Waals surface area contributed by atoms with Gasteiger partial charge in [0.2, 0.25) is 5.91 Å². The summed E-state index contributed by atoms with van der Waals surface area (Å²) in [5, 5.41) is 3.11. The monoisotopic (exact) mass is 636 g/mol. The summed E-state index contributed by atoms with van der Waals surface area (Å²) < 4.78 is 1.06. The lowest BCUT2D eigenvalue weighted by atomic mass is 9.77. The number of urea groups is 1. The summed E-state index contributed by atoms with van der Waals surface area (Å²) in [4.78, 5) is 33.6. The zero-order chi connectivity index (χ0) is 27.5. The van der Waals surface area contributed by atoms with Gasteiger partial charge in [0.1, 0.15) is 0 Å². The van der Waals surface area contributed by atoms with Crippen LogP contribution in [0, 0.1) is 5.41 Å². The average Bonchev–Trinajstić information content (AvgIpc) is 3.54. The van der Waals surface area contributed by atoms with E-state index in [1.54, 1.807) is 0 Å². The van der Waals surface area contributed by atoms with Gasteiger partial charge in [-0.25, -0.2) is 4.79 Å². The van der Waals surface area contributed by atoms with Gasteiger partial charge >= 0.3 is 6.03 Å². The number of carbonyl (C=O) groups excluding carboxylic acids is 2. The molecule has 3 heterocycles. The van der Waals surface area contributed by atoms with Gasteiger partial charge in [0.25, 0.3) is 0 Å². The predicted molar refractivity (Wildman–Crippen MR) is 169 cm³/mol. The Balaban J connectivity index is 0.00000337. The number of carbonyl (C=O) groups is 2. The van der Waals surface area contributed by atoms with Crippen molar-refractivity contribution in [3.63, 3.8) is 0 Å². The molecule has 216 valence electrons. The largest absolute Gasteiger partial charge is 0.338 e. The molecule has 1 spiro atoms. The van der Waals surface area contributed by atoms with Crippen molar-refractivity contribution in [2.24, 2.45) is 5.41 Å². The number of hydrogen-bond acceptors (Lipinski definition) is 3. The second-order valence-electron chi connectivity index (χ2n) is 11.6. The first-order chi connectivity index (χ1) is 19.5. The highest BCUT2D eigenvalue weighted by molar-refractivity contribution is 9.10. The number of piperidine rings is 1. The third-order valence-electron chi connectivity index (χ3n) is 9.14. The van der Waals surface area contributed by atoms with Gasteiger partial charge in [-0.1, -0.05) is 76.6 Å². The molecule has 0 saturated carbocycles. The van der Waals surface area contributed by atoms with Crippen LogP contribution in [0.5, 0.6) is 0 Å². The van der Waals surface area contributed by atoms with E-state index in [9.17, 15) is 9.59 Å². The first-order valence-electron chi connectivity index (χ1n) is 14.4. The van der Waals surface area contributed by atoms with Crippen LogP contribution in [0.2, 0.25) is 0 Å². The van der Waals surface area contributed by atoms with E-state index in [1.807, 2.05) is 53.4 Å². The number of amides is 3. The highest BCUT2D eigenvalue weighted by atomic mass is 79.9. The first kappa shape index (κ1) is 29.6. The van der Waals surface area contributed by atoms with E-state index in [4.69, 9.17) is 0 Å². The number of rotatable bonds is 6. The van der Waals surface area contributed by atoms with E-state index in [1.165, 1.54) is 11.1 Å². The third-order valence-corrected chi connectivity index (χ3v) is 9.67. The number of para-hydroxylation sites is 1. The predicted octanol–water partition coefficient (Wildman–Crippen LogP) is 6.78. The molecule has 0 radical (unpaired) electrons. The molecule has 3 aromatic rings. The standard InChI is InChI=1S/C33H37BrN4O2.ClH/c34-28-13-11-25(12-14-28)22-37-20-17-33(31(37)39)15-18-36(19-16-33)24-30-21-27(26-7-3-1-4-8-26)23-38(30)32(40)35-29-9-5-2-6-10-29;/h1-14,27,30H,15-24H2,(H,35,40);1H. The topological polar surface area (TPSA) is 55.9 Å². The summed E-state index contributed by atoms with van der Waals surface area (Å²) in [5.74, 6) is 0.649. The smallest absolute Gasteiger partial charge is 0.322 e. The van der Waals surface area contributed by atoms with Gasteiger partial charge in [-0.3, -0.25) is 4.79 Å². The zero-order valence-electron chi connectivity index (χ0n) is 23.3. The normalized spacial score (nSPS) is 22.1. The highest BCUT2D eigenvalue weighted by Gasteiger charge is 2.48. The van der Waals surface area contributed by atoms with Crippen molar-refractivity contribution >= 4 is 46.0 Å². The summed E-state index contributed by atoms with van der Waals surface area (Å²) in [5.41, 5.74) is 3.07. The molecule has 2 atom stereocenters. The van der Waals surface area contributed by atoms with Crippen molar-refractivity contribution in [1.29, 1.82) is 0 Å². The van der Waals surface area contributed by atoms with Crippen LogP contribution >= 0.6 is 28.3 Å². The van der Waals surface area contributed by atoms with Gasteiger partial charge in [0, 0.05) is 48.3 Å². The van der Waals surface area contributed by atoms with E-state index in [0.29, 0.717) is 24.9 Å². The summed E-state index contributed by atoms with van der Waals surface area (Å²) in [7, 11) is 0. The number of nitrogens with one attached hydrogen (secondary N) is 1. The molecule has 3 saturated heterocycles. The van der Waals surface area contributed by atoms with Crippen LogP contribution in [-0.2, 0) is 11.3 Å². The highest BCUT2D eigenvalue weighted by Crippen LogP contribution is 2.42. The Bertz CT molecular complexity index is 1320. The van der Waals surface area contributed by atoms with Crippen LogP contribution in [0.25, 0.3) is 0 Å². The SMILES string of the molecule is Cl.O=C(Nc1ccccc1)N1CC(c2ccccc2)CC1CN1CCC2(CC1)CCN(Cc1ccc(Br)cc1)C2=O. The van der Waals surface area contributed by atoms with Gasteiger partial charge in [-0.05, 0) is 74.2 Å². The van der Waals surface area contributed by atoms with Gasteiger partial charge in [-0.15, -0.1) is 12.4 Å². The summed E-state index contributed by atoms with van der Waals surface area (Å²) in [6.07, 6.45) is 3.69. The Morgan fingerprint density at radius 3 is 2.20 bits per heavy atom. The minimum Gasteiger partial charge on any atom is -0.338 e. The van der Waals surface area contributed by atoms with Crippen LogP contribution in [0.15, 0.2) is 89.4 Å². The van der Waals surface area contributed by atoms with Crippen molar-refractivity contribution in [2.45, 2.75) is 44.2 Å². The van der Waals surface area contributed by atoms with E-state index < -0.39 is 0 Å². The van der Waals surface area contributed by atoms with Crippen molar-refractivity contribution in [3.05, 3.63) is 101 Å². The van der Waals surface area contributed by atoms with E-state index in [-0.39, 0.29) is 29.9 Å². The molecule has 3 aliphatic rings. The fourth-order valence-corrected chi connectivity index (χ4v) is 7.07. The van der Waals surface area contributed by atoms with Crippen molar-refractivity contribution in [3.8, 4) is 0 Å². The van der Waals surface area contributed by atoms with Crippen molar-refractivity contribution in [2.75, 3.05) is 38.0 Å². The number of hydrogen-bond donors (Lipinski definition) is 1. The third kappa shape index (κ3) is 6.63. The van der Waals surface area contributed by atoms with Crippen LogP contribution in [0.4, 0.5) is 10.5 Å². The summed E-state index contributed by atoms with van der Waals surface area (Å²) in [6, 6.07) is 28.6. The maximum Gasteiger partial charge on any atom is 0.322 e. The molecule has 6 rings (SSSR count). The van der Waals surface area contributed by atoms with E-state index in [0.717, 1.165) is 62.0 Å². The van der Waals surface area contributed by atoms with Gasteiger partial charge in [0.15, 0.2) is 0 Å². The van der Waals surface area contributed by atoms with Crippen molar-refractivity contribution < 1.29 is 9.59 Å². The Morgan fingerprint density at radius 1 is 0.878 bits per heavy atom. The van der Waals surface area contributed by atoms with Gasteiger partial charge in [-0.2, -0.15) is 0 Å². The van der Waals surface area contributed by atoms with Crippen LogP contribution in [0.3, 0.4) is 0 Å². The minimum absolute atomic E-state index is 0. The van der Waals surface area contributed by atoms with E-state index in [2.05, 4.69) is 67.4 Å². The zero-order valence-corrected chi connectivity index (χ0v) is 25.7. The Kier molecular flexibility index (Phi) is 9.37. The second-order valence-corrected chi connectivity index (χ2v) is 12.5. The molecule has 2 unspecified atom stereocenters. The average molecular weight is 638 g/mol. The lowest BCUT2D eigenvalue weighted by Gasteiger charge is -2.40. The Morgan fingerprint density at radius 2 is 1.51 bits per heavy atom. The molecule has 0 aromatic heterocycles. The number of benzene rings is 3. The Labute approximate surface area is 257 Å². The Hall–Kier alpha value is -2.87. The first-order valence-corrected chi connectivity index (χ1v) is 15.2. The molecule has 0 bridgehead atoms. The minimum atomic E-state index is -0.224. The van der Waals surface area contributed by atoms with Gasteiger partial charge in [0.05, 0.1) is 5.41 Å². The number of anilines is 1. The van der Waals surface area contributed by atoms with Crippen molar-refractivity contribution in [1.82, 2.24) is 14.7 Å². The maximum absolute atomic E-state index is 13.6. The second kappa shape index (κ2) is 13.0. The summed E-state index contributed by atoms with van der Waals surface area (Å²) in [6.45, 7) is 4.89. The van der Waals surface area contributed by atoms with Gasteiger partial charge < -0.3 is 20.0 Å². The fraction of sp³-hybridized carbons (Fsp3) is 0.394. The maximum atomic E-state index is 13.6.